The Balaban J connectivity index is 1.83. The standard InChI is InChI=1S/C19H21N3/c1-14(2)20-12-15-7-6-10-17(11-15)18-13-21-19(22-18)16-8-4-3-5-9-16/h3-11,13-14,20H,12H2,1-2H3,(H,21,22). The maximum atomic E-state index is 4.50. The molecule has 0 spiro atoms. The van der Waals surface area contributed by atoms with Crippen molar-refractivity contribution in [3.63, 3.8) is 0 Å². The largest absolute Gasteiger partial charge is 0.338 e. The molecule has 0 radical (unpaired) electrons. The van der Waals surface area contributed by atoms with Crippen LogP contribution in [0.4, 0.5) is 0 Å². The quantitative estimate of drug-likeness (QED) is 0.738. The molecule has 112 valence electrons. The lowest BCUT2D eigenvalue weighted by molar-refractivity contribution is 0.589. The topological polar surface area (TPSA) is 40.7 Å². The fraction of sp³-hybridized carbons (Fsp3) is 0.211. The lowest BCUT2D eigenvalue weighted by Crippen LogP contribution is -2.21. The number of nitrogens with one attached hydrogen (secondary N) is 2. The highest BCUT2D eigenvalue weighted by atomic mass is 14.9. The molecule has 3 nitrogen and oxygen atoms in total. The van der Waals surface area contributed by atoms with Crippen molar-refractivity contribution in [3.8, 4) is 22.6 Å². The molecule has 0 saturated heterocycles. The molecule has 0 saturated carbocycles. The van der Waals surface area contributed by atoms with Gasteiger partial charge in [0.2, 0.25) is 0 Å². The van der Waals surface area contributed by atoms with Gasteiger partial charge in [-0.05, 0) is 17.2 Å². The average Bonchev–Trinajstić information content (AvgIpc) is 3.04. The minimum absolute atomic E-state index is 0.487. The smallest absolute Gasteiger partial charge is 0.137 e. The number of H-pyrrole nitrogens is 1. The highest BCUT2D eigenvalue weighted by Crippen LogP contribution is 2.22. The second-order valence-electron chi connectivity index (χ2n) is 5.75. The van der Waals surface area contributed by atoms with Crippen LogP contribution in [-0.2, 0) is 6.54 Å². The number of benzene rings is 2. The predicted octanol–water partition coefficient (Wildman–Crippen LogP) is 4.24. The molecular weight excluding hydrogens is 270 g/mol. The van der Waals surface area contributed by atoms with Crippen LogP contribution in [0.1, 0.15) is 19.4 Å². The van der Waals surface area contributed by atoms with Gasteiger partial charge in [-0.1, -0.05) is 62.4 Å². The molecule has 0 amide bonds. The Labute approximate surface area is 131 Å². The number of rotatable bonds is 5. The number of hydrogen-bond acceptors (Lipinski definition) is 2. The van der Waals surface area contributed by atoms with Crippen LogP contribution in [0.25, 0.3) is 22.6 Å². The molecule has 0 aliphatic heterocycles. The Bertz CT molecular complexity index is 729. The monoisotopic (exact) mass is 291 g/mol. The summed E-state index contributed by atoms with van der Waals surface area (Å²) in [5.74, 6) is 0.904. The highest BCUT2D eigenvalue weighted by Gasteiger charge is 2.06. The van der Waals surface area contributed by atoms with Crippen LogP contribution in [-0.4, -0.2) is 16.0 Å². The van der Waals surface area contributed by atoms with Gasteiger partial charge in [-0.3, -0.25) is 0 Å². The summed E-state index contributed by atoms with van der Waals surface area (Å²) in [5, 5.41) is 3.45. The molecule has 0 aliphatic rings. The number of imidazole rings is 1. The summed E-state index contributed by atoms with van der Waals surface area (Å²) in [7, 11) is 0. The Morgan fingerprint density at radius 1 is 1.00 bits per heavy atom. The predicted molar refractivity (Wildman–Crippen MR) is 91.4 cm³/mol. The minimum atomic E-state index is 0.487. The van der Waals surface area contributed by atoms with Crippen molar-refractivity contribution in [2.75, 3.05) is 0 Å². The SMILES string of the molecule is CC(C)NCc1cccc(-c2cnc(-c3ccccc3)[nH]2)c1. The van der Waals surface area contributed by atoms with Gasteiger partial charge >= 0.3 is 0 Å². The molecule has 1 heterocycles. The third-order valence-corrected chi connectivity index (χ3v) is 3.58. The van der Waals surface area contributed by atoms with E-state index in [-0.39, 0.29) is 0 Å². The summed E-state index contributed by atoms with van der Waals surface area (Å²) >= 11 is 0. The van der Waals surface area contributed by atoms with Crippen molar-refractivity contribution in [1.29, 1.82) is 0 Å². The molecule has 2 N–H and O–H groups in total. The minimum Gasteiger partial charge on any atom is -0.338 e. The van der Waals surface area contributed by atoms with Crippen LogP contribution in [0.3, 0.4) is 0 Å². The molecule has 0 fully saturated rings. The Hall–Kier alpha value is -2.39. The molecule has 2 aromatic carbocycles. The van der Waals surface area contributed by atoms with Gasteiger partial charge in [0.25, 0.3) is 0 Å². The molecule has 0 unspecified atom stereocenters. The van der Waals surface area contributed by atoms with E-state index in [1.165, 1.54) is 5.56 Å². The summed E-state index contributed by atoms with van der Waals surface area (Å²) in [6.45, 7) is 5.20. The number of nitrogens with zero attached hydrogens (tertiary/aromatic N) is 1. The maximum Gasteiger partial charge on any atom is 0.137 e. The van der Waals surface area contributed by atoms with E-state index < -0.39 is 0 Å². The zero-order chi connectivity index (χ0) is 15.4. The Morgan fingerprint density at radius 3 is 2.55 bits per heavy atom. The maximum absolute atomic E-state index is 4.50. The van der Waals surface area contributed by atoms with Crippen molar-refractivity contribution in [1.82, 2.24) is 15.3 Å². The van der Waals surface area contributed by atoms with Gasteiger partial charge in [-0.25, -0.2) is 4.98 Å². The molecule has 1 aromatic heterocycles. The summed E-state index contributed by atoms with van der Waals surface area (Å²) in [6, 6.07) is 19.2. The van der Waals surface area contributed by atoms with Crippen LogP contribution in [0, 0.1) is 0 Å². The lowest BCUT2D eigenvalue weighted by Gasteiger charge is -2.09. The van der Waals surface area contributed by atoms with Gasteiger partial charge in [-0.2, -0.15) is 0 Å². The number of aromatic amines is 1. The van der Waals surface area contributed by atoms with Crippen LogP contribution in [0.15, 0.2) is 60.8 Å². The summed E-state index contributed by atoms with van der Waals surface area (Å²) in [5.41, 5.74) is 4.59. The van der Waals surface area contributed by atoms with Crippen LogP contribution >= 0.6 is 0 Å². The molecule has 3 aromatic rings. The van der Waals surface area contributed by atoms with E-state index in [4.69, 9.17) is 0 Å². The van der Waals surface area contributed by atoms with E-state index >= 15 is 0 Å². The summed E-state index contributed by atoms with van der Waals surface area (Å²) in [4.78, 5) is 7.90. The zero-order valence-corrected chi connectivity index (χ0v) is 13.0. The Kier molecular flexibility index (Phi) is 4.35. The lowest BCUT2D eigenvalue weighted by atomic mass is 10.1. The van der Waals surface area contributed by atoms with Gasteiger partial charge in [0, 0.05) is 18.2 Å². The first-order valence-electron chi connectivity index (χ1n) is 7.65. The van der Waals surface area contributed by atoms with E-state index in [1.807, 2.05) is 24.4 Å². The number of aromatic nitrogens is 2. The number of hydrogen-bond donors (Lipinski definition) is 2. The van der Waals surface area contributed by atoms with E-state index in [9.17, 15) is 0 Å². The molecule has 3 heteroatoms. The molecule has 0 bridgehead atoms. The molecular formula is C19H21N3. The normalized spacial score (nSPS) is 11.0. The molecule has 0 atom stereocenters. The van der Waals surface area contributed by atoms with Crippen molar-refractivity contribution < 1.29 is 0 Å². The van der Waals surface area contributed by atoms with Gasteiger partial charge < -0.3 is 10.3 Å². The van der Waals surface area contributed by atoms with E-state index in [1.54, 1.807) is 0 Å². The third-order valence-electron chi connectivity index (χ3n) is 3.58. The van der Waals surface area contributed by atoms with Crippen LogP contribution in [0.2, 0.25) is 0 Å². The average molecular weight is 291 g/mol. The Morgan fingerprint density at radius 2 is 1.77 bits per heavy atom. The molecule has 22 heavy (non-hydrogen) atoms. The zero-order valence-electron chi connectivity index (χ0n) is 13.0. The van der Waals surface area contributed by atoms with E-state index in [2.05, 4.69) is 65.5 Å². The van der Waals surface area contributed by atoms with Crippen molar-refractivity contribution in [2.45, 2.75) is 26.4 Å². The summed E-state index contributed by atoms with van der Waals surface area (Å²) in [6.07, 6.45) is 1.90. The van der Waals surface area contributed by atoms with Gasteiger partial charge in [0.05, 0.1) is 11.9 Å². The second-order valence-corrected chi connectivity index (χ2v) is 5.75. The second kappa shape index (κ2) is 6.58. The fourth-order valence-electron chi connectivity index (χ4n) is 2.38. The fourth-order valence-corrected chi connectivity index (χ4v) is 2.38. The molecule has 3 rings (SSSR count). The van der Waals surface area contributed by atoms with Crippen LogP contribution < -0.4 is 5.32 Å². The van der Waals surface area contributed by atoms with Gasteiger partial charge in [-0.15, -0.1) is 0 Å². The van der Waals surface area contributed by atoms with E-state index in [0.717, 1.165) is 29.2 Å². The molecule has 0 aliphatic carbocycles. The van der Waals surface area contributed by atoms with Gasteiger partial charge in [0.15, 0.2) is 0 Å². The first kappa shape index (κ1) is 14.5. The van der Waals surface area contributed by atoms with Crippen molar-refractivity contribution in [3.05, 3.63) is 66.4 Å². The first-order chi connectivity index (χ1) is 10.7. The van der Waals surface area contributed by atoms with Crippen LogP contribution in [0.5, 0.6) is 0 Å². The third kappa shape index (κ3) is 3.43. The van der Waals surface area contributed by atoms with Crippen molar-refractivity contribution in [2.24, 2.45) is 0 Å². The van der Waals surface area contributed by atoms with Gasteiger partial charge in [0.1, 0.15) is 5.82 Å². The highest BCUT2D eigenvalue weighted by molar-refractivity contribution is 5.64. The van der Waals surface area contributed by atoms with Crippen molar-refractivity contribution >= 4 is 0 Å². The summed E-state index contributed by atoms with van der Waals surface area (Å²) < 4.78 is 0. The van der Waals surface area contributed by atoms with E-state index in [0.29, 0.717) is 6.04 Å². The first-order valence-corrected chi connectivity index (χ1v) is 7.65.